The standard InChI is InChI=1S/C14H26O8.C4H6O4/c1-18-5-7-20-4-3-12(11-13(15)16)14(17)22-10-9-21-8-6-19-2;5-3(6)1-2-4(7)8/h12H,3-11H2,1-2H3,(H,15,16);1-2H2,(H,5,6)(H,7,8). The monoisotopic (exact) mass is 440 g/mol. The predicted octanol–water partition coefficient (Wildman–Crippen LogP) is 0.272. The Morgan fingerprint density at radius 2 is 1.13 bits per heavy atom. The van der Waals surface area contributed by atoms with Crippen molar-refractivity contribution >= 4 is 23.9 Å². The van der Waals surface area contributed by atoms with Gasteiger partial charge in [0.2, 0.25) is 0 Å². The van der Waals surface area contributed by atoms with Gasteiger partial charge < -0.3 is 39.0 Å². The zero-order valence-electron chi connectivity index (χ0n) is 17.4. The molecule has 176 valence electrons. The van der Waals surface area contributed by atoms with Crippen molar-refractivity contribution in [2.45, 2.75) is 25.7 Å². The number of methoxy groups -OCH3 is 2. The van der Waals surface area contributed by atoms with Crippen LogP contribution in [-0.2, 0) is 42.9 Å². The number of carboxylic acid groups (broad SMARTS) is 3. The third kappa shape index (κ3) is 23.8. The predicted molar refractivity (Wildman–Crippen MR) is 101 cm³/mol. The zero-order chi connectivity index (χ0) is 23.2. The molecular weight excluding hydrogens is 408 g/mol. The van der Waals surface area contributed by atoms with Gasteiger partial charge in [-0.15, -0.1) is 0 Å². The number of esters is 1. The number of rotatable bonds is 18. The molecule has 0 fully saturated rings. The lowest BCUT2D eigenvalue weighted by molar-refractivity contribution is -0.155. The Kier molecular flexibility index (Phi) is 21.4. The zero-order valence-corrected chi connectivity index (χ0v) is 17.4. The Morgan fingerprint density at radius 1 is 0.667 bits per heavy atom. The molecule has 0 aliphatic rings. The molecule has 0 amide bonds. The van der Waals surface area contributed by atoms with Crippen LogP contribution in [0.15, 0.2) is 0 Å². The van der Waals surface area contributed by atoms with Crippen molar-refractivity contribution < 1.29 is 58.2 Å². The lowest BCUT2D eigenvalue weighted by atomic mass is 10.0. The molecule has 0 aromatic rings. The van der Waals surface area contributed by atoms with Gasteiger partial charge in [-0.2, -0.15) is 0 Å². The number of carbonyl (C=O) groups is 4. The third-order valence-corrected chi connectivity index (χ3v) is 3.25. The van der Waals surface area contributed by atoms with Crippen LogP contribution in [0.25, 0.3) is 0 Å². The van der Waals surface area contributed by atoms with Crippen molar-refractivity contribution in [1.29, 1.82) is 0 Å². The van der Waals surface area contributed by atoms with E-state index < -0.39 is 29.8 Å². The van der Waals surface area contributed by atoms with Gasteiger partial charge in [-0.05, 0) is 6.42 Å². The fourth-order valence-electron chi connectivity index (χ4n) is 1.76. The summed E-state index contributed by atoms with van der Waals surface area (Å²) in [5, 5.41) is 24.6. The van der Waals surface area contributed by atoms with Crippen molar-refractivity contribution in [3.63, 3.8) is 0 Å². The molecule has 1 unspecified atom stereocenters. The second-order valence-electron chi connectivity index (χ2n) is 5.75. The van der Waals surface area contributed by atoms with E-state index >= 15 is 0 Å². The Morgan fingerprint density at radius 3 is 1.57 bits per heavy atom. The molecule has 12 nitrogen and oxygen atoms in total. The molecule has 0 aromatic heterocycles. The van der Waals surface area contributed by atoms with Crippen LogP contribution in [0.5, 0.6) is 0 Å². The third-order valence-electron chi connectivity index (χ3n) is 3.25. The number of carbonyl (C=O) groups excluding carboxylic acids is 1. The number of hydrogen-bond acceptors (Lipinski definition) is 9. The first-order chi connectivity index (χ1) is 14.2. The lowest BCUT2D eigenvalue weighted by Gasteiger charge is -2.14. The largest absolute Gasteiger partial charge is 0.481 e. The van der Waals surface area contributed by atoms with Crippen molar-refractivity contribution in [2.75, 3.05) is 60.5 Å². The molecule has 0 spiro atoms. The number of hydrogen-bond donors (Lipinski definition) is 3. The second kappa shape index (κ2) is 21.4. The Labute approximate surface area is 175 Å². The van der Waals surface area contributed by atoms with Crippen LogP contribution in [0.2, 0.25) is 0 Å². The molecule has 0 aromatic carbocycles. The molecule has 3 N–H and O–H groups in total. The van der Waals surface area contributed by atoms with E-state index in [1.165, 1.54) is 0 Å². The summed E-state index contributed by atoms with van der Waals surface area (Å²) in [4.78, 5) is 41.9. The Bertz CT molecular complexity index is 466. The lowest BCUT2D eigenvalue weighted by Crippen LogP contribution is -2.24. The molecule has 12 heteroatoms. The normalized spacial score (nSPS) is 11.1. The minimum atomic E-state index is -1.08. The van der Waals surface area contributed by atoms with Crippen molar-refractivity contribution in [3.05, 3.63) is 0 Å². The fraction of sp³-hybridized carbons (Fsp3) is 0.778. The van der Waals surface area contributed by atoms with Crippen molar-refractivity contribution in [3.8, 4) is 0 Å². The van der Waals surface area contributed by atoms with Crippen LogP contribution in [0.4, 0.5) is 0 Å². The summed E-state index contributed by atoms with van der Waals surface area (Å²) in [6.45, 7) is 2.35. The summed E-state index contributed by atoms with van der Waals surface area (Å²) < 4.78 is 25.0. The fourth-order valence-corrected chi connectivity index (χ4v) is 1.76. The van der Waals surface area contributed by atoms with E-state index in [1.807, 2.05) is 0 Å². The first kappa shape index (κ1) is 29.9. The van der Waals surface area contributed by atoms with E-state index in [9.17, 15) is 19.2 Å². The van der Waals surface area contributed by atoms with Gasteiger partial charge in [0.1, 0.15) is 6.61 Å². The molecule has 0 aliphatic carbocycles. The van der Waals surface area contributed by atoms with Gasteiger partial charge in [0.25, 0.3) is 0 Å². The van der Waals surface area contributed by atoms with Crippen LogP contribution in [0, 0.1) is 5.92 Å². The molecule has 30 heavy (non-hydrogen) atoms. The van der Waals surface area contributed by atoms with Crippen LogP contribution in [-0.4, -0.2) is 99.7 Å². The first-order valence-electron chi connectivity index (χ1n) is 9.19. The van der Waals surface area contributed by atoms with Crippen molar-refractivity contribution in [2.24, 2.45) is 5.92 Å². The second-order valence-corrected chi connectivity index (χ2v) is 5.75. The Hall–Kier alpha value is -2.28. The molecule has 0 radical (unpaired) electrons. The van der Waals surface area contributed by atoms with E-state index in [1.54, 1.807) is 14.2 Å². The van der Waals surface area contributed by atoms with Crippen LogP contribution < -0.4 is 0 Å². The van der Waals surface area contributed by atoms with E-state index in [2.05, 4.69) is 0 Å². The van der Waals surface area contributed by atoms with Gasteiger partial charge >= 0.3 is 23.9 Å². The summed E-state index contributed by atoms with van der Waals surface area (Å²) in [5.41, 5.74) is 0. The van der Waals surface area contributed by atoms with Crippen molar-refractivity contribution in [1.82, 2.24) is 0 Å². The summed E-state index contributed by atoms with van der Waals surface area (Å²) in [6, 6.07) is 0. The maximum atomic E-state index is 11.8. The summed E-state index contributed by atoms with van der Waals surface area (Å²) in [5.74, 6) is -4.47. The average molecular weight is 440 g/mol. The highest BCUT2D eigenvalue weighted by Crippen LogP contribution is 2.11. The van der Waals surface area contributed by atoms with Crippen LogP contribution >= 0.6 is 0 Å². The van der Waals surface area contributed by atoms with Gasteiger partial charge in [0, 0.05) is 20.8 Å². The minimum Gasteiger partial charge on any atom is -0.481 e. The van der Waals surface area contributed by atoms with E-state index in [0.717, 1.165) is 0 Å². The molecule has 0 bridgehead atoms. The molecule has 0 heterocycles. The summed E-state index contributed by atoms with van der Waals surface area (Å²) in [7, 11) is 3.12. The summed E-state index contributed by atoms with van der Waals surface area (Å²) in [6.07, 6.45) is -0.582. The highest BCUT2D eigenvalue weighted by atomic mass is 16.6. The highest BCUT2D eigenvalue weighted by molar-refractivity contribution is 5.79. The SMILES string of the molecule is COCCOCCOC(=O)C(CCOCCOC)CC(=O)O.O=C(O)CCC(=O)O. The van der Waals surface area contributed by atoms with E-state index in [0.29, 0.717) is 32.8 Å². The number of carboxylic acids is 3. The highest BCUT2D eigenvalue weighted by Gasteiger charge is 2.23. The van der Waals surface area contributed by atoms with Gasteiger partial charge in [-0.3, -0.25) is 19.2 Å². The minimum absolute atomic E-state index is 0.0865. The number of ether oxygens (including phenoxy) is 5. The molecule has 0 saturated carbocycles. The van der Waals surface area contributed by atoms with Gasteiger partial charge in [0.15, 0.2) is 0 Å². The number of aliphatic carboxylic acids is 3. The van der Waals surface area contributed by atoms with E-state index in [4.69, 9.17) is 39.0 Å². The maximum absolute atomic E-state index is 11.8. The topological polar surface area (TPSA) is 175 Å². The smallest absolute Gasteiger partial charge is 0.309 e. The van der Waals surface area contributed by atoms with E-state index in [-0.39, 0.29) is 39.1 Å². The van der Waals surface area contributed by atoms with Crippen LogP contribution in [0.3, 0.4) is 0 Å². The quantitative estimate of drug-likeness (QED) is 0.196. The molecule has 0 saturated heterocycles. The van der Waals surface area contributed by atoms with Gasteiger partial charge in [0.05, 0.1) is 58.2 Å². The molecule has 1 atom stereocenters. The van der Waals surface area contributed by atoms with Crippen LogP contribution in [0.1, 0.15) is 25.7 Å². The molecule has 0 rings (SSSR count). The van der Waals surface area contributed by atoms with Gasteiger partial charge in [-0.1, -0.05) is 0 Å². The Balaban J connectivity index is 0. The molecular formula is C18H32O12. The average Bonchev–Trinajstić information content (AvgIpc) is 2.68. The van der Waals surface area contributed by atoms with Gasteiger partial charge in [-0.25, -0.2) is 0 Å². The first-order valence-corrected chi connectivity index (χ1v) is 9.19. The molecule has 0 aliphatic heterocycles. The maximum Gasteiger partial charge on any atom is 0.309 e. The summed E-state index contributed by atoms with van der Waals surface area (Å²) >= 11 is 0.